The number of carboxylic acid groups (broad SMARTS) is 1. The molecule has 8 heteroatoms. The average Bonchev–Trinajstić information content (AvgIpc) is 2.42. The third-order valence-electron chi connectivity index (χ3n) is 2.05. The molecule has 94 valence electrons. The van der Waals surface area contributed by atoms with Crippen LogP contribution in [0.1, 0.15) is 26.5 Å². The Bertz CT molecular complexity index is 475. The molecule has 0 aliphatic heterocycles. The van der Waals surface area contributed by atoms with Crippen LogP contribution in [0.15, 0.2) is 0 Å². The van der Waals surface area contributed by atoms with Crippen LogP contribution in [0.2, 0.25) is 5.15 Å². The number of hydrogen-bond acceptors (Lipinski definition) is 4. The van der Waals surface area contributed by atoms with Crippen molar-refractivity contribution in [2.24, 2.45) is 0 Å². The van der Waals surface area contributed by atoms with Gasteiger partial charge in [-0.3, -0.25) is 14.9 Å². The zero-order valence-electron chi connectivity index (χ0n) is 9.60. The molecule has 1 N–H and O–H groups in total. The van der Waals surface area contributed by atoms with Gasteiger partial charge < -0.3 is 5.11 Å². The summed E-state index contributed by atoms with van der Waals surface area (Å²) in [5.41, 5.74) is -0.746. The second-order valence-electron chi connectivity index (χ2n) is 4.55. The van der Waals surface area contributed by atoms with Gasteiger partial charge in [0.25, 0.3) is 0 Å². The molecule has 0 aliphatic carbocycles. The molecule has 7 nitrogen and oxygen atoms in total. The summed E-state index contributed by atoms with van der Waals surface area (Å²) < 4.78 is 0.919. The monoisotopic (exact) mass is 261 g/mol. The van der Waals surface area contributed by atoms with Crippen LogP contribution in [0.4, 0.5) is 5.69 Å². The molecule has 0 radical (unpaired) electrons. The number of aromatic nitrogens is 2. The number of carbonyl (C=O) groups is 1. The number of halogens is 1. The molecule has 0 fully saturated rings. The molecular weight excluding hydrogens is 250 g/mol. The van der Waals surface area contributed by atoms with Crippen molar-refractivity contribution in [2.45, 2.75) is 32.7 Å². The first kappa shape index (κ1) is 13.4. The smallest absolute Gasteiger partial charge is 0.329 e. The fourth-order valence-corrected chi connectivity index (χ4v) is 1.59. The standard InChI is InChI=1S/C9H12ClN3O4/c1-9(2,3)7-6(13(16)17)8(10)12(11-7)4-5(14)15/h4H2,1-3H3,(H,14,15). The lowest BCUT2D eigenvalue weighted by Crippen LogP contribution is -2.16. The van der Waals surface area contributed by atoms with Gasteiger partial charge >= 0.3 is 11.7 Å². The van der Waals surface area contributed by atoms with E-state index in [1.54, 1.807) is 20.8 Å². The molecular formula is C9H12ClN3O4. The summed E-state index contributed by atoms with van der Waals surface area (Å²) in [6.45, 7) is 4.72. The van der Waals surface area contributed by atoms with Gasteiger partial charge in [-0.05, 0) is 0 Å². The minimum atomic E-state index is -1.16. The highest BCUT2D eigenvalue weighted by molar-refractivity contribution is 6.31. The molecule has 0 amide bonds. The zero-order valence-corrected chi connectivity index (χ0v) is 10.4. The van der Waals surface area contributed by atoms with Crippen molar-refractivity contribution in [3.63, 3.8) is 0 Å². The van der Waals surface area contributed by atoms with Gasteiger partial charge in [-0.15, -0.1) is 0 Å². The normalized spacial score (nSPS) is 11.5. The van der Waals surface area contributed by atoms with Crippen molar-refractivity contribution in [3.05, 3.63) is 21.0 Å². The summed E-state index contributed by atoms with van der Waals surface area (Å²) in [4.78, 5) is 20.8. The van der Waals surface area contributed by atoms with E-state index in [4.69, 9.17) is 16.7 Å². The van der Waals surface area contributed by atoms with E-state index in [1.165, 1.54) is 0 Å². The zero-order chi connectivity index (χ0) is 13.4. The second-order valence-corrected chi connectivity index (χ2v) is 4.90. The van der Waals surface area contributed by atoms with Crippen molar-refractivity contribution in [1.82, 2.24) is 9.78 Å². The first-order valence-corrected chi connectivity index (χ1v) is 5.15. The third kappa shape index (κ3) is 2.73. The summed E-state index contributed by atoms with van der Waals surface area (Å²) in [7, 11) is 0. The van der Waals surface area contributed by atoms with E-state index in [0.717, 1.165) is 4.68 Å². The van der Waals surface area contributed by atoms with Gasteiger partial charge in [-0.1, -0.05) is 32.4 Å². The number of nitrogens with zero attached hydrogens (tertiary/aromatic N) is 3. The van der Waals surface area contributed by atoms with Crippen molar-refractivity contribution >= 4 is 23.3 Å². The second kappa shape index (κ2) is 4.33. The van der Waals surface area contributed by atoms with Gasteiger partial charge in [0.1, 0.15) is 12.2 Å². The molecule has 0 aliphatic rings. The predicted octanol–water partition coefficient (Wildman–Crippen LogP) is 1.83. The van der Waals surface area contributed by atoms with Crippen LogP contribution in [0.25, 0.3) is 0 Å². The SMILES string of the molecule is CC(C)(C)c1nn(CC(=O)O)c(Cl)c1[N+](=O)[O-]. The summed E-state index contributed by atoms with van der Waals surface area (Å²) in [5, 5.41) is 23.2. The van der Waals surface area contributed by atoms with Crippen molar-refractivity contribution < 1.29 is 14.8 Å². The Morgan fingerprint density at radius 1 is 1.59 bits per heavy atom. The number of nitro groups is 1. The summed E-state index contributed by atoms with van der Waals surface area (Å²) >= 11 is 5.77. The molecule has 0 saturated heterocycles. The van der Waals surface area contributed by atoms with Gasteiger partial charge in [0.2, 0.25) is 5.15 Å². The van der Waals surface area contributed by atoms with E-state index in [1.807, 2.05) is 0 Å². The van der Waals surface area contributed by atoms with Crippen LogP contribution in [0.5, 0.6) is 0 Å². The Labute approximate surface area is 102 Å². The molecule has 0 unspecified atom stereocenters. The van der Waals surface area contributed by atoms with Crippen molar-refractivity contribution in [3.8, 4) is 0 Å². The maximum atomic E-state index is 10.9. The molecule has 0 bridgehead atoms. The first-order chi connectivity index (χ1) is 7.64. The van der Waals surface area contributed by atoms with E-state index >= 15 is 0 Å². The number of hydrogen-bond donors (Lipinski definition) is 1. The highest BCUT2D eigenvalue weighted by Gasteiger charge is 2.34. The summed E-state index contributed by atoms with van der Waals surface area (Å²) in [6, 6.07) is 0. The Kier molecular flexibility index (Phi) is 3.42. The van der Waals surface area contributed by atoms with E-state index in [9.17, 15) is 14.9 Å². The highest BCUT2D eigenvalue weighted by Crippen LogP contribution is 2.35. The molecule has 1 aromatic rings. The predicted molar refractivity (Wildman–Crippen MR) is 60.2 cm³/mol. The van der Waals surface area contributed by atoms with E-state index in [-0.39, 0.29) is 16.5 Å². The van der Waals surface area contributed by atoms with Gasteiger partial charge in [-0.2, -0.15) is 5.10 Å². The van der Waals surface area contributed by atoms with E-state index < -0.39 is 22.9 Å². The molecule has 0 spiro atoms. The topological polar surface area (TPSA) is 98.3 Å². The number of carboxylic acids is 1. The van der Waals surface area contributed by atoms with Crippen LogP contribution in [0.3, 0.4) is 0 Å². The minimum Gasteiger partial charge on any atom is -0.480 e. The molecule has 0 saturated carbocycles. The number of aliphatic carboxylic acids is 1. The van der Waals surface area contributed by atoms with Gasteiger partial charge in [0.05, 0.1) is 4.92 Å². The highest BCUT2D eigenvalue weighted by atomic mass is 35.5. The Morgan fingerprint density at radius 2 is 2.12 bits per heavy atom. The van der Waals surface area contributed by atoms with Crippen LogP contribution < -0.4 is 0 Å². The third-order valence-corrected chi connectivity index (χ3v) is 2.42. The molecule has 0 atom stereocenters. The fourth-order valence-electron chi connectivity index (χ4n) is 1.33. The van der Waals surface area contributed by atoms with Gasteiger partial charge in [0.15, 0.2) is 0 Å². The lowest BCUT2D eigenvalue weighted by Gasteiger charge is -2.13. The van der Waals surface area contributed by atoms with E-state index in [0.29, 0.717) is 0 Å². The molecule has 1 heterocycles. The maximum absolute atomic E-state index is 10.9. The minimum absolute atomic E-state index is 0.175. The summed E-state index contributed by atoms with van der Waals surface area (Å²) in [6.07, 6.45) is 0. The van der Waals surface area contributed by atoms with Gasteiger partial charge in [-0.25, -0.2) is 4.68 Å². The molecule has 1 rings (SSSR count). The van der Waals surface area contributed by atoms with Crippen LogP contribution in [-0.2, 0) is 16.8 Å². The maximum Gasteiger partial charge on any atom is 0.329 e. The first-order valence-electron chi connectivity index (χ1n) is 4.77. The molecule has 17 heavy (non-hydrogen) atoms. The van der Waals surface area contributed by atoms with E-state index in [2.05, 4.69) is 5.10 Å². The molecule has 1 aromatic heterocycles. The molecule has 0 aromatic carbocycles. The van der Waals surface area contributed by atoms with Crippen LogP contribution >= 0.6 is 11.6 Å². The van der Waals surface area contributed by atoms with Gasteiger partial charge in [0, 0.05) is 5.41 Å². The van der Waals surface area contributed by atoms with Crippen molar-refractivity contribution in [1.29, 1.82) is 0 Å². The quantitative estimate of drug-likeness (QED) is 0.661. The Morgan fingerprint density at radius 3 is 2.41 bits per heavy atom. The Hall–Kier alpha value is -1.63. The Balaban J connectivity index is 3.40. The average molecular weight is 262 g/mol. The lowest BCUT2D eigenvalue weighted by atomic mass is 9.91. The fraction of sp³-hybridized carbons (Fsp3) is 0.556. The largest absolute Gasteiger partial charge is 0.480 e. The van der Waals surface area contributed by atoms with Crippen molar-refractivity contribution in [2.75, 3.05) is 0 Å². The summed E-state index contributed by atoms with van der Waals surface area (Å²) in [5.74, 6) is -1.16. The van der Waals surface area contributed by atoms with Crippen LogP contribution in [0, 0.1) is 10.1 Å². The van der Waals surface area contributed by atoms with Crippen LogP contribution in [-0.4, -0.2) is 25.8 Å². The number of rotatable bonds is 3. The lowest BCUT2D eigenvalue weighted by molar-refractivity contribution is -0.385.